The van der Waals surface area contributed by atoms with Gasteiger partial charge in [0.25, 0.3) is 5.69 Å². The molecular weight excluding hydrogens is 470 g/mol. The molecule has 0 unspecified atom stereocenters. The first-order chi connectivity index (χ1) is 16.8. The molecule has 35 heavy (non-hydrogen) atoms. The molecular formula is C23H29N7O4S. The lowest BCUT2D eigenvalue weighted by atomic mass is 10.2. The quantitative estimate of drug-likeness (QED) is 0.371. The molecule has 0 N–H and O–H groups in total. The number of piperazine rings is 2. The molecule has 2 saturated heterocycles. The van der Waals surface area contributed by atoms with Crippen molar-refractivity contribution in [3.8, 4) is 0 Å². The van der Waals surface area contributed by atoms with E-state index in [1.165, 1.54) is 16.4 Å². The number of nitro benzene ring substituents is 1. The molecule has 2 aliphatic rings. The zero-order valence-corrected chi connectivity index (χ0v) is 20.5. The fraction of sp³-hybridized carbons (Fsp3) is 0.435. The summed E-state index contributed by atoms with van der Waals surface area (Å²) in [6, 6.07) is 10.2. The second-order valence-corrected chi connectivity index (χ2v) is 11.0. The summed E-state index contributed by atoms with van der Waals surface area (Å²) >= 11 is 0. The molecule has 0 atom stereocenters. The average Bonchev–Trinajstić information content (AvgIpc) is 3.27. The monoisotopic (exact) mass is 499 g/mol. The van der Waals surface area contributed by atoms with Crippen LogP contribution < -0.4 is 4.90 Å². The van der Waals surface area contributed by atoms with Crippen molar-refractivity contribution in [1.29, 1.82) is 0 Å². The summed E-state index contributed by atoms with van der Waals surface area (Å²) in [6.45, 7) is 5.42. The number of benzene rings is 1. The van der Waals surface area contributed by atoms with Crippen molar-refractivity contribution < 1.29 is 13.3 Å². The molecule has 0 aliphatic carbocycles. The van der Waals surface area contributed by atoms with Crippen molar-refractivity contribution in [2.75, 3.05) is 64.3 Å². The number of likely N-dealkylation sites (N-methyl/N-ethyl adjacent to an activating group) is 1. The molecule has 0 saturated carbocycles. The van der Waals surface area contributed by atoms with Gasteiger partial charge in [0.15, 0.2) is 0 Å². The first-order valence-electron chi connectivity index (χ1n) is 11.7. The Morgan fingerprint density at radius 1 is 1.00 bits per heavy atom. The number of anilines is 1. The Morgan fingerprint density at radius 3 is 2.43 bits per heavy atom. The van der Waals surface area contributed by atoms with E-state index < -0.39 is 14.9 Å². The van der Waals surface area contributed by atoms with E-state index in [1.807, 2.05) is 46.9 Å². The first-order valence-corrected chi connectivity index (χ1v) is 13.1. The second kappa shape index (κ2) is 9.53. The molecule has 2 aromatic heterocycles. The summed E-state index contributed by atoms with van der Waals surface area (Å²) in [7, 11) is -1.83. The Morgan fingerprint density at radius 2 is 1.74 bits per heavy atom. The van der Waals surface area contributed by atoms with E-state index in [-0.39, 0.29) is 10.6 Å². The van der Waals surface area contributed by atoms with Gasteiger partial charge >= 0.3 is 0 Å². The third-order valence-corrected chi connectivity index (χ3v) is 8.65. The minimum absolute atomic E-state index is 0.0250. The van der Waals surface area contributed by atoms with E-state index in [0.29, 0.717) is 51.5 Å². The van der Waals surface area contributed by atoms with Gasteiger partial charge in [0.05, 0.1) is 15.5 Å². The van der Waals surface area contributed by atoms with Crippen molar-refractivity contribution >= 4 is 27.0 Å². The predicted octanol–water partition coefficient (Wildman–Crippen LogP) is 1.50. The molecule has 4 heterocycles. The highest BCUT2D eigenvalue weighted by atomic mass is 32.2. The van der Waals surface area contributed by atoms with Crippen LogP contribution in [0.25, 0.3) is 5.65 Å². The van der Waals surface area contributed by atoms with E-state index in [4.69, 9.17) is 0 Å². The molecule has 0 radical (unpaired) electrons. The smallest absolute Gasteiger partial charge is 0.293 e. The highest BCUT2D eigenvalue weighted by Crippen LogP contribution is 2.33. The molecule has 2 fully saturated rings. The maximum atomic E-state index is 13.1. The fourth-order valence-corrected chi connectivity index (χ4v) is 6.14. The van der Waals surface area contributed by atoms with Gasteiger partial charge in [-0.15, -0.1) is 0 Å². The molecule has 2 aliphatic heterocycles. The number of sulfonamides is 1. The van der Waals surface area contributed by atoms with Gasteiger partial charge in [-0.05, 0) is 31.3 Å². The molecule has 1 aromatic carbocycles. The fourth-order valence-electron chi connectivity index (χ4n) is 4.69. The maximum absolute atomic E-state index is 13.1. The Labute approximate surface area is 204 Å². The Kier molecular flexibility index (Phi) is 6.45. The lowest BCUT2D eigenvalue weighted by Crippen LogP contribution is -2.47. The molecule has 0 amide bonds. The van der Waals surface area contributed by atoms with E-state index in [9.17, 15) is 18.5 Å². The van der Waals surface area contributed by atoms with Gasteiger partial charge in [0, 0.05) is 77.4 Å². The Bertz CT molecular complexity index is 1290. The number of pyridine rings is 1. The van der Waals surface area contributed by atoms with Crippen molar-refractivity contribution in [3.05, 3.63) is 64.6 Å². The van der Waals surface area contributed by atoms with Gasteiger partial charge < -0.3 is 14.2 Å². The Balaban J connectivity index is 1.29. The van der Waals surface area contributed by atoms with Crippen LogP contribution in [0, 0.1) is 10.1 Å². The lowest BCUT2D eigenvalue weighted by molar-refractivity contribution is -0.384. The lowest BCUT2D eigenvalue weighted by Gasteiger charge is -2.35. The van der Waals surface area contributed by atoms with Gasteiger partial charge in [-0.3, -0.25) is 15.0 Å². The molecule has 12 heteroatoms. The average molecular weight is 500 g/mol. The van der Waals surface area contributed by atoms with E-state index in [0.717, 1.165) is 24.4 Å². The summed E-state index contributed by atoms with van der Waals surface area (Å²) in [5.41, 5.74) is 2.17. The largest absolute Gasteiger partial charge is 0.363 e. The van der Waals surface area contributed by atoms with E-state index >= 15 is 0 Å². The van der Waals surface area contributed by atoms with E-state index in [2.05, 4.69) is 14.8 Å². The summed E-state index contributed by atoms with van der Waals surface area (Å²) < 4.78 is 29.6. The van der Waals surface area contributed by atoms with Crippen LogP contribution in [0.4, 0.5) is 11.4 Å². The zero-order chi connectivity index (χ0) is 24.6. The summed E-state index contributed by atoms with van der Waals surface area (Å²) in [5, 5.41) is 11.9. The maximum Gasteiger partial charge on any atom is 0.293 e. The van der Waals surface area contributed by atoms with Crippen molar-refractivity contribution in [1.82, 2.24) is 23.5 Å². The molecule has 3 aromatic rings. The van der Waals surface area contributed by atoms with Gasteiger partial charge in [-0.2, -0.15) is 4.31 Å². The molecule has 0 bridgehead atoms. The summed E-state index contributed by atoms with van der Waals surface area (Å²) in [6.07, 6.45) is 3.99. The number of fused-ring (bicyclic) bond motifs is 1. The minimum atomic E-state index is -3.78. The van der Waals surface area contributed by atoms with Crippen molar-refractivity contribution in [2.24, 2.45) is 0 Å². The number of hydrogen-bond acceptors (Lipinski definition) is 8. The molecule has 11 nitrogen and oxygen atoms in total. The third kappa shape index (κ3) is 4.87. The van der Waals surface area contributed by atoms with Crippen molar-refractivity contribution in [3.63, 3.8) is 0 Å². The number of imidazole rings is 1. The number of aromatic nitrogens is 2. The van der Waals surface area contributed by atoms with Crippen LogP contribution in [0.15, 0.2) is 53.7 Å². The highest BCUT2D eigenvalue weighted by molar-refractivity contribution is 7.89. The second-order valence-electron chi connectivity index (χ2n) is 9.08. The summed E-state index contributed by atoms with van der Waals surface area (Å²) in [5.74, 6) is 0. The minimum Gasteiger partial charge on any atom is -0.363 e. The van der Waals surface area contributed by atoms with Gasteiger partial charge in [-0.25, -0.2) is 13.4 Å². The van der Waals surface area contributed by atoms with Crippen LogP contribution in [-0.4, -0.2) is 96.2 Å². The molecule has 0 spiro atoms. The SMILES string of the molecule is CN1CCN(S(=O)(=O)c2ccc(N3CCN(Cc4cn5ccccc5n4)CC3)c([N+](=O)[O-])c2)CC1. The zero-order valence-electron chi connectivity index (χ0n) is 19.7. The van der Waals surface area contributed by atoms with Crippen LogP contribution >= 0.6 is 0 Å². The predicted molar refractivity (Wildman–Crippen MR) is 132 cm³/mol. The Hall–Kier alpha value is -3.06. The van der Waals surface area contributed by atoms with Gasteiger partial charge in [-0.1, -0.05) is 6.07 Å². The molecule has 186 valence electrons. The van der Waals surface area contributed by atoms with E-state index in [1.54, 1.807) is 6.07 Å². The normalized spacial score (nSPS) is 18.8. The van der Waals surface area contributed by atoms with Crippen LogP contribution in [0.3, 0.4) is 0 Å². The highest BCUT2D eigenvalue weighted by Gasteiger charge is 2.31. The van der Waals surface area contributed by atoms with Gasteiger partial charge in [0.1, 0.15) is 11.3 Å². The third-order valence-electron chi connectivity index (χ3n) is 6.76. The summed E-state index contributed by atoms with van der Waals surface area (Å²) in [4.78, 5) is 22.3. The molecule has 5 rings (SSSR count). The van der Waals surface area contributed by atoms with Crippen molar-refractivity contribution in [2.45, 2.75) is 11.4 Å². The number of nitrogens with zero attached hydrogens (tertiary/aromatic N) is 7. The standard InChI is InChI=1S/C23H29N7O4S/c1-25-8-14-29(15-9-25)35(33,34)20-5-6-21(22(16-20)30(31)32)27-12-10-26(11-13-27)17-19-18-28-7-3-2-4-23(28)24-19/h2-7,16,18H,8-15,17H2,1H3. The van der Waals surface area contributed by atoms with Gasteiger partial charge in [0.2, 0.25) is 10.0 Å². The topological polar surface area (TPSA) is 108 Å². The number of hydrogen-bond donors (Lipinski definition) is 0. The van der Waals surface area contributed by atoms with Crippen LogP contribution in [0.2, 0.25) is 0 Å². The van der Waals surface area contributed by atoms with Crippen LogP contribution in [-0.2, 0) is 16.6 Å². The number of rotatable bonds is 6. The van der Waals surface area contributed by atoms with Crippen LogP contribution in [0.5, 0.6) is 0 Å². The first kappa shape index (κ1) is 23.7. The van der Waals surface area contributed by atoms with Crippen LogP contribution in [0.1, 0.15) is 5.69 Å². The number of nitro groups is 1.